The van der Waals surface area contributed by atoms with Crippen molar-refractivity contribution in [2.24, 2.45) is 17.3 Å². The minimum absolute atomic E-state index is 0.0436. The zero-order chi connectivity index (χ0) is 19.3. The Labute approximate surface area is 158 Å². The predicted molar refractivity (Wildman–Crippen MR) is 101 cm³/mol. The Balaban J connectivity index is 1.41. The Kier molecular flexibility index (Phi) is 5.26. The van der Waals surface area contributed by atoms with Crippen molar-refractivity contribution in [2.75, 3.05) is 0 Å². The first-order valence-corrected chi connectivity index (χ1v) is 10.1. The lowest BCUT2D eigenvalue weighted by molar-refractivity contribution is -0.199. The van der Waals surface area contributed by atoms with Crippen LogP contribution in [-0.2, 0) is 18.8 Å². The third kappa shape index (κ3) is 3.83. The van der Waals surface area contributed by atoms with Crippen LogP contribution in [-0.4, -0.2) is 41.6 Å². The first kappa shape index (κ1) is 20.2. The topological polar surface area (TPSA) is 65.0 Å². The molecular formula is C20H35BO5. The number of carbonyl (C=O) groups is 1. The Bertz CT molecular complexity index is 543. The summed E-state index contributed by atoms with van der Waals surface area (Å²) in [5.41, 5.74) is -0.326. The minimum atomic E-state index is -0.670. The van der Waals surface area contributed by atoms with E-state index < -0.39 is 11.7 Å². The van der Waals surface area contributed by atoms with E-state index in [0.29, 0.717) is 17.8 Å². The number of rotatable bonds is 6. The summed E-state index contributed by atoms with van der Waals surface area (Å²) in [6.07, 6.45) is 4.02. The maximum Gasteiger partial charge on any atom is 0.457 e. The van der Waals surface area contributed by atoms with Crippen molar-refractivity contribution in [2.45, 2.75) is 103 Å². The molecular weight excluding hydrogens is 331 g/mol. The summed E-state index contributed by atoms with van der Waals surface area (Å²) in [5.74, 6) is 0.976. The van der Waals surface area contributed by atoms with Crippen molar-refractivity contribution < 1.29 is 23.9 Å². The number of aliphatic hydroxyl groups is 1. The fraction of sp³-hybridized carbons (Fsp3) is 0.950. The molecule has 1 N–H and O–H groups in total. The van der Waals surface area contributed by atoms with E-state index in [4.69, 9.17) is 14.0 Å². The van der Waals surface area contributed by atoms with Gasteiger partial charge in [0.05, 0.1) is 24.2 Å². The van der Waals surface area contributed by atoms with E-state index >= 15 is 0 Å². The summed E-state index contributed by atoms with van der Waals surface area (Å²) in [6.45, 7) is 12.4. The molecule has 1 heterocycles. The number of esters is 1. The van der Waals surface area contributed by atoms with Gasteiger partial charge in [-0.05, 0) is 70.5 Å². The van der Waals surface area contributed by atoms with Crippen LogP contribution in [0, 0.1) is 17.3 Å². The molecule has 1 saturated heterocycles. The van der Waals surface area contributed by atoms with Crippen LogP contribution in [0.25, 0.3) is 0 Å². The summed E-state index contributed by atoms with van der Waals surface area (Å²) in [7, 11) is -0.186. The lowest BCUT2D eigenvalue weighted by Gasteiger charge is -2.64. The van der Waals surface area contributed by atoms with Crippen LogP contribution in [0.5, 0.6) is 0 Å². The van der Waals surface area contributed by atoms with E-state index in [-0.39, 0.29) is 31.2 Å². The van der Waals surface area contributed by atoms with E-state index in [2.05, 4.69) is 20.8 Å². The summed E-state index contributed by atoms with van der Waals surface area (Å²) in [5, 5.41) is 10.1. The van der Waals surface area contributed by atoms with Gasteiger partial charge in [0.1, 0.15) is 5.60 Å². The number of ether oxygens (including phenoxy) is 1. The highest BCUT2D eigenvalue weighted by molar-refractivity contribution is 6.45. The molecule has 0 aromatic heterocycles. The maximum atomic E-state index is 11.8. The second-order valence-electron chi connectivity index (χ2n) is 10.3. The van der Waals surface area contributed by atoms with Crippen molar-refractivity contribution in [3.05, 3.63) is 0 Å². The van der Waals surface area contributed by atoms with E-state index in [9.17, 15) is 9.90 Å². The van der Waals surface area contributed by atoms with Gasteiger partial charge in [-0.25, -0.2) is 0 Å². The molecule has 6 heteroatoms. The SMILES string of the molecule is CC(C)(C)OC(=O)CC(O)CCCB1O[C@@H]2C[C@@H]3C[C@@H](C3(C)C)[C@]2(C)O1. The van der Waals surface area contributed by atoms with Crippen LogP contribution in [0.2, 0.25) is 6.32 Å². The molecule has 3 saturated carbocycles. The summed E-state index contributed by atoms with van der Waals surface area (Å²) in [6, 6.07) is 0. The third-order valence-electron chi connectivity index (χ3n) is 6.80. The largest absolute Gasteiger partial charge is 0.460 e. The normalized spacial score (nSPS) is 36.3. The predicted octanol–water partition coefficient (Wildman–Crippen LogP) is 3.59. The second kappa shape index (κ2) is 6.79. The van der Waals surface area contributed by atoms with Gasteiger partial charge in [0.2, 0.25) is 0 Å². The number of aliphatic hydroxyl groups excluding tert-OH is 1. The molecule has 26 heavy (non-hydrogen) atoms. The van der Waals surface area contributed by atoms with E-state index in [1.807, 2.05) is 20.8 Å². The van der Waals surface area contributed by atoms with Crippen LogP contribution in [0.1, 0.15) is 73.6 Å². The molecule has 0 aromatic carbocycles. The highest BCUT2D eigenvalue weighted by atomic mass is 16.7. The first-order valence-electron chi connectivity index (χ1n) is 10.1. The maximum absolute atomic E-state index is 11.8. The van der Waals surface area contributed by atoms with E-state index in [1.165, 1.54) is 6.42 Å². The average molecular weight is 366 g/mol. The molecule has 4 rings (SSSR count). The zero-order valence-corrected chi connectivity index (χ0v) is 17.2. The van der Waals surface area contributed by atoms with Crippen LogP contribution < -0.4 is 0 Å². The molecule has 0 amide bonds. The van der Waals surface area contributed by atoms with E-state index in [1.54, 1.807) is 0 Å². The smallest absolute Gasteiger partial charge is 0.457 e. The summed E-state index contributed by atoms with van der Waals surface area (Å²) >= 11 is 0. The number of carbonyl (C=O) groups excluding carboxylic acids is 1. The van der Waals surface area contributed by atoms with Crippen molar-refractivity contribution in [3.8, 4) is 0 Å². The zero-order valence-electron chi connectivity index (χ0n) is 17.2. The summed E-state index contributed by atoms with van der Waals surface area (Å²) < 4.78 is 17.8. The van der Waals surface area contributed by atoms with Gasteiger partial charge in [-0.15, -0.1) is 0 Å². The molecule has 3 aliphatic carbocycles. The van der Waals surface area contributed by atoms with Crippen molar-refractivity contribution >= 4 is 13.1 Å². The molecule has 4 aliphatic rings. The molecule has 0 aromatic rings. The van der Waals surface area contributed by atoms with Gasteiger partial charge in [0, 0.05) is 0 Å². The Morgan fingerprint density at radius 2 is 2.00 bits per heavy atom. The number of hydrogen-bond acceptors (Lipinski definition) is 5. The summed E-state index contributed by atoms with van der Waals surface area (Å²) in [4.78, 5) is 11.8. The second-order valence-corrected chi connectivity index (χ2v) is 10.3. The highest BCUT2D eigenvalue weighted by Crippen LogP contribution is 2.65. The molecule has 148 valence electrons. The van der Waals surface area contributed by atoms with Gasteiger partial charge in [-0.1, -0.05) is 20.3 Å². The monoisotopic (exact) mass is 366 g/mol. The van der Waals surface area contributed by atoms with Gasteiger partial charge in [-0.2, -0.15) is 0 Å². The standard InChI is InChI=1S/C20H35BO5/c1-18(2,3)24-17(23)12-14(22)8-7-9-21-25-16-11-13-10-15(19(13,4)5)20(16,6)26-21/h13-16,22H,7-12H2,1-6H3/t13-,14?,15-,16+,20-/m0/s1. The van der Waals surface area contributed by atoms with Crippen molar-refractivity contribution in [1.82, 2.24) is 0 Å². The molecule has 5 atom stereocenters. The molecule has 0 spiro atoms. The lowest BCUT2D eigenvalue weighted by atomic mass is 9.43. The molecule has 4 fully saturated rings. The van der Waals surface area contributed by atoms with Gasteiger partial charge in [0.15, 0.2) is 0 Å². The van der Waals surface area contributed by atoms with Gasteiger partial charge in [0.25, 0.3) is 0 Å². The molecule has 5 nitrogen and oxygen atoms in total. The molecule has 1 unspecified atom stereocenters. The van der Waals surface area contributed by atoms with E-state index in [0.717, 1.165) is 25.1 Å². The quantitative estimate of drug-likeness (QED) is 0.575. The van der Waals surface area contributed by atoms with Gasteiger partial charge in [-0.3, -0.25) is 4.79 Å². The van der Waals surface area contributed by atoms with Crippen LogP contribution in [0.4, 0.5) is 0 Å². The Hall–Kier alpha value is -0.585. The van der Waals surface area contributed by atoms with Gasteiger partial charge >= 0.3 is 13.1 Å². The van der Waals surface area contributed by atoms with Crippen LogP contribution in [0.15, 0.2) is 0 Å². The van der Waals surface area contributed by atoms with Crippen LogP contribution >= 0.6 is 0 Å². The minimum Gasteiger partial charge on any atom is -0.460 e. The number of hydrogen-bond donors (Lipinski definition) is 1. The Morgan fingerprint density at radius 1 is 1.31 bits per heavy atom. The highest BCUT2D eigenvalue weighted by Gasteiger charge is 2.67. The fourth-order valence-corrected chi connectivity index (χ4v) is 5.27. The fourth-order valence-electron chi connectivity index (χ4n) is 5.27. The third-order valence-corrected chi connectivity index (χ3v) is 6.80. The lowest BCUT2D eigenvalue weighted by Crippen LogP contribution is -2.65. The van der Waals surface area contributed by atoms with Gasteiger partial charge < -0.3 is 19.2 Å². The molecule has 2 bridgehead atoms. The first-order chi connectivity index (χ1) is 11.9. The Morgan fingerprint density at radius 3 is 2.62 bits per heavy atom. The molecule has 1 aliphatic heterocycles. The molecule has 0 radical (unpaired) electrons. The van der Waals surface area contributed by atoms with Crippen molar-refractivity contribution in [1.29, 1.82) is 0 Å². The van der Waals surface area contributed by atoms with Crippen molar-refractivity contribution in [3.63, 3.8) is 0 Å². The average Bonchev–Trinajstić information content (AvgIpc) is 2.80. The van der Waals surface area contributed by atoms with Crippen LogP contribution in [0.3, 0.4) is 0 Å².